The van der Waals surface area contributed by atoms with E-state index in [4.69, 9.17) is 5.21 Å². The van der Waals surface area contributed by atoms with E-state index in [0.717, 1.165) is 44.3 Å². The lowest BCUT2D eigenvalue weighted by molar-refractivity contribution is -0.135. The number of anilines is 1. The highest BCUT2D eigenvalue weighted by molar-refractivity contribution is 5.94. The molecule has 0 bridgehead atoms. The van der Waals surface area contributed by atoms with Crippen LogP contribution in [-0.2, 0) is 10.3 Å². The number of rotatable bonds is 5. The third kappa shape index (κ3) is 3.72. The van der Waals surface area contributed by atoms with Crippen LogP contribution in [0.1, 0.15) is 54.4 Å². The predicted octanol–water partition coefficient (Wildman–Crippen LogP) is 3.68. The first-order valence-corrected chi connectivity index (χ1v) is 10.3. The number of carbonyl (C=O) groups excluding carboxylic acids is 2. The summed E-state index contributed by atoms with van der Waals surface area (Å²) in [5.74, 6) is -0.408. The summed E-state index contributed by atoms with van der Waals surface area (Å²) < 4.78 is 0. The Morgan fingerprint density at radius 1 is 1.00 bits per heavy atom. The van der Waals surface area contributed by atoms with Gasteiger partial charge < -0.3 is 10.2 Å². The molecule has 1 heterocycles. The molecule has 4 rings (SSSR count). The summed E-state index contributed by atoms with van der Waals surface area (Å²) in [6.07, 6.45) is 6.30. The van der Waals surface area contributed by atoms with Gasteiger partial charge in [-0.05, 0) is 49.1 Å². The fourth-order valence-electron chi connectivity index (χ4n) is 4.82. The zero-order valence-corrected chi connectivity index (χ0v) is 16.4. The van der Waals surface area contributed by atoms with Gasteiger partial charge in [-0.2, -0.15) is 0 Å². The zero-order chi connectivity index (χ0) is 20.3. The van der Waals surface area contributed by atoms with E-state index in [2.05, 4.69) is 34.5 Å². The van der Waals surface area contributed by atoms with Gasteiger partial charge in [0.1, 0.15) is 6.04 Å². The van der Waals surface area contributed by atoms with Crippen molar-refractivity contribution in [2.45, 2.75) is 50.1 Å². The first-order chi connectivity index (χ1) is 14.1. The van der Waals surface area contributed by atoms with E-state index in [1.165, 1.54) is 12.0 Å². The molecule has 1 unspecified atom stereocenters. The first kappa shape index (κ1) is 19.5. The van der Waals surface area contributed by atoms with Gasteiger partial charge in [0.25, 0.3) is 5.91 Å². The molecule has 2 fully saturated rings. The molecule has 1 atom stereocenters. The quantitative estimate of drug-likeness (QED) is 0.535. The number of nitrogens with one attached hydrogen (secondary N) is 2. The van der Waals surface area contributed by atoms with E-state index in [1.54, 1.807) is 29.7 Å². The van der Waals surface area contributed by atoms with E-state index in [0.29, 0.717) is 5.56 Å². The Balaban J connectivity index is 1.52. The average Bonchev–Trinajstić information content (AvgIpc) is 3.15. The van der Waals surface area contributed by atoms with Gasteiger partial charge in [0.15, 0.2) is 0 Å². The molecule has 2 aromatic carbocycles. The van der Waals surface area contributed by atoms with Crippen molar-refractivity contribution >= 4 is 17.5 Å². The smallest absolute Gasteiger partial charge is 0.274 e. The van der Waals surface area contributed by atoms with Crippen molar-refractivity contribution in [2.24, 2.45) is 0 Å². The Hall–Kier alpha value is -2.86. The van der Waals surface area contributed by atoms with Gasteiger partial charge in [-0.3, -0.25) is 14.8 Å². The number of amides is 2. The van der Waals surface area contributed by atoms with Gasteiger partial charge >= 0.3 is 0 Å². The van der Waals surface area contributed by atoms with E-state index in [1.807, 2.05) is 6.07 Å². The summed E-state index contributed by atoms with van der Waals surface area (Å²) in [6, 6.07) is 17.0. The highest BCUT2D eigenvalue weighted by Crippen LogP contribution is 2.44. The maximum atomic E-state index is 13.4. The maximum Gasteiger partial charge on any atom is 0.274 e. The van der Waals surface area contributed by atoms with Crippen molar-refractivity contribution in [1.82, 2.24) is 10.4 Å². The van der Waals surface area contributed by atoms with Crippen molar-refractivity contribution in [3.05, 3.63) is 65.7 Å². The van der Waals surface area contributed by atoms with Gasteiger partial charge in [0, 0.05) is 17.8 Å². The fourth-order valence-corrected chi connectivity index (χ4v) is 4.82. The summed E-state index contributed by atoms with van der Waals surface area (Å²) in [5, 5.41) is 12.1. The molecule has 0 aromatic heterocycles. The molecule has 0 spiro atoms. The molecule has 1 aliphatic heterocycles. The predicted molar refractivity (Wildman–Crippen MR) is 111 cm³/mol. The summed E-state index contributed by atoms with van der Waals surface area (Å²) in [7, 11) is 0. The van der Waals surface area contributed by atoms with Crippen molar-refractivity contribution in [3.63, 3.8) is 0 Å². The lowest BCUT2D eigenvalue weighted by Crippen LogP contribution is -2.50. The van der Waals surface area contributed by atoms with Crippen LogP contribution < -0.4 is 10.8 Å². The van der Waals surface area contributed by atoms with E-state index in [9.17, 15) is 9.59 Å². The second-order valence-corrected chi connectivity index (χ2v) is 7.95. The zero-order valence-electron chi connectivity index (χ0n) is 16.4. The number of hydroxylamine groups is 1. The molecule has 1 saturated carbocycles. The van der Waals surface area contributed by atoms with Crippen molar-refractivity contribution in [1.29, 1.82) is 0 Å². The van der Waals surface area contributed by atoms with E-state index >= 15 is 0 Å². The molecule has 152 valence electrons. The van der Waals surface area contributed by atoms with Crippen molar-refractivity contribution < 1.29 is 14.8 Å². The molecular weight excluding hydrogens is 366 g/mol. The molecule has 6 heteroatoms. The summed E-state index contributed by atoms with van der Waals surface area (Å²) in [4.78, 5) is 26.9. The Labute approximate surface area is 170 Å². The molecular formula is C23H27N3O3. The van der Waals surface area contributed by atoms with Crippen LogP contribution in [0.4, 0.5) is 5.69 Å². The number of carbonyl (C=O) groups is 2. The van der Waals surface area contributed by atoms with Gasteiger partial charge in [0.2, 0.25) is 5.91 Å². The molecule has 1 aliphatic carbocycles. The first-order valence-electron chi connectivity index (χ1n) is 10.3. The molecule has 0 radical (unpaired) electrons. The van der Waals surface area contributed by atoms with E-state index in [-0.39, 0.29) is 17.5 Å². The molecule has 1 saturated heterocycles. The number of hydrogen-bond donors (Lipinski definition) is 3. The molecule has 3 N–H and O–H groups in total. The molecule has 2 aliphatic rings. The molecule has 29 heavy (non-hydrogen) atoms. The Bertz CT molecular complexity index is 861. The van der Waals surface area contributed by atoms with Gasteiger partial charge in [-0.1, -0.05) is 49.6 Å². The van der Waals surface area contributed by atoms with Crippen LogP contribution in [0.25, 0.3) is 0 Å². The topological polar surface area (TPSA) is 81.7 Å². The lowest BCUT2D eigenvalue weighted by atomic mass is 9.75. The monoisotopic (exact) mass is 393 g/mol. The third-order valence-corrected chi connectivity index (χ3v) is 6.30. The Morgan fingerprint density at radius 3 is 2.34 bits per heavy atom. The van der Waals surface area contributed by atoms with Crippen LogP contribution in [0.5, 0.6) is 0 Å². The number of hydrogen-bond acceptors (Lipinski definition) is 4. The van der Waals surface area contributed by atoms with Crippen LogP contribution in [0.2, 0.25) is 0 Å². The minimum atomic E-state index is -0.554. The van der Waals surface area contributed by atoms with Crippen LogP contribution >= 0.6 is 0 Å². The largest absolute Gasteiger partial charge is 0.374 e. The Morgan fingerprint density at radius 2 is 1.69 bits per heavy atom. The van der Waals surface area contributed by atoms with Gasteiger partial charge in [0.05, 0.1) is 5.54 Å². The van der Waals surface area contributed by atoms with Crippen LogP contribution in [-0.4, -0.2) is 34.5 Å². The van der Waals surface area contributed by atoms with Gasteiger partial charge in [-0.15, -0.1) is 0 Å². The lowest BCUT2D eigenvalue weighted by Gasteiger charge is -2.45. The minimum absolute atomic E-state index is 0.146. The van der Waals surface area contributed by atoms with Gasteiger partial charge in [-0.25, -0.2) is 5.48 Å². The van der Waals surface area contributed by atoms with Crippen molar-refractivity contribution in [2.75, 3.05) is 11.9 Å². The number of benzene rings is 2. The second-order valence-electron chi connectivity index (χ2n) is 7.95. The number of likely N-dealkylation sites (tertiary alicyclic amines) is 1. The summed E-state index contributed by atoms with van der Waals surface area (Å²) in [6.45, 7) is 0.746. The highest BCUT2D eigenvalue weighted by Gasteiger charge is 2.46. The van der Waals surface area contributed by atoms with Crippen molar-refractivity contribution in [3.8, 4) is 0 Å². The third-order valence-electron chi connectivity index (χ3n) is 6.30. The van der Waals surface area contributed by atoms with Crippen LogP contribution in [0.3, 0.4) is 0 Å². The van der Waals surface area contributed by atoms with E-state index < -0.39 is 5.91 Å². The summed E-state index contributed by atoms with van der Waals surface area (Å²) >= 11 is 0. The standard InChI is InChI=1S/C23H27N3O3/c27-21(25-29)17-9-11-19(12-10-17)24-20-13-16-26(22(20)28)23(14-5-2-6-15-23)18-7-3-1-4-8-18/h1,3-4,7-12,20,24,29H,2,5-6,13-16H2,(H,25,27). The molecule has 2 amide bonds. The molecule has 2 aromatic rings. The molecule has 6 nitrogen and oxygen atoms in total. The second kappa shape index (κ2) is 8.25. The normalized spacial score (nSPS) is 21.1. The Kier molecular flexibility index (Phi) is 5.53. The summed E-state index contributed by atoms with van der Waals surface area (Å²) in [5.41, 5.74) is 3.82. The minimum Gasteiger partial charge on any atom is -0.374 e. The SMILES string of the molecule is O=C(NO)c1ccc(NC2CCN(C3(c4ccccc4)CCCCC3)C2=O)cc1. The number of nitrogens with zero attached hydrogens (tertiary/aromatic N) is 1. The van der Waals surface area contributed by atoms with Crippen LogP contribution in [0.15, 0.2) is 54.6 Å². The average molecular weight is 393 g/mol. The van der Waals surface area contributed by atoms with Crippen LogP contribution in [0, 0.1) is 0 Å². The highest BCUT2D eigenvalue weighted by atomic mass is 16.5. The fraction of sp³-hybridized carbons (Fsp3) is 0.391. The maximum absolute atomic E-state index is 13.4.